The molecule has 0 spiro atoms. The van der Waals surface area contributed by atoms with Gasteiger partial charge in [-0.25, -0.2) is 0 Å². The molecule has 0 atom stereocenters. The SMILES string of the molecule is COc1ccc(O)c(C#CCCS)c1. The molecular weight excluding hydrogens is 196 g/mol. The second-order valence-electron chi connectivity index (χ2n) is 2.66. The number of rotatable bonds is 2. The van der Waals surface area contributed by atoms with E-state index in [1.54, 1.807) is 25.3 Å². The number of aromatic hydroxyl groups is 1. The number of hydrogen-bond acceptors (Lipinski definition) is 3. The molecule has 1 rings (SSSR count). The maximum atomic E-state index is 9.45. The molecule has 0 aromatic heterocycles. The van der Waals surface area contributed by atoms with Crippen LogP contribution in [-0.2, 0) is 0 Å². The van der Waals surface area contributed by atoms with E-state index in [2.05, 4.69) is 24.5 Å². The van der Waals surface area contributed by atoms with Crippen molar-refractivity contribution in [2.24, 2.45) is 0 Å². The first-order chi connectivity index (χ1) is 6.77. The zero-order valence-corrected chi connectivity index (χ0v) is 8.84. The molecule has 0 aliphatic rings. The average Bonchev–Trinajstić information content (AvgIpc) is 2.21. The summed E-state index contributed by atoms with van der Waals surface area (Å²) in [5, 5.41) is 9.45. The molecule has 74 valence electrons. The van der Waals surface area contributed by atoms with Crippen LogP contribution in [0, 0.1) is 11.8 Å². The lowest BCUT2D eigenvalue weighted by Gasteiger charge is -2.01. The Kier molecular flexibility index (Phi) is 4.21. The van der Waals surface area contributed by atoms with Crippen molar-refractivity contribution in [3.63, 3.8) is 0 Å². The van der Waals surface area contributed by atoms with Gasteiger partial charge >= 0.3 is 0 Å². The molecular formula is C11H12O2S. The molecule has 1 aromatic rings. The first-order valence-corrected chi connectivity index (χ1v) is 4.88. The number of phenolic OH excluding ortho intramolecular Hbond substituents is 1. The highest BCUT2D eigenvalue weighted by atomic mass is 32.1. The molecule has 0 radical (unpaired) electrons. The molecule has 1 N–H and O–H groups in total. The average molecular weight is 208 g/mol. The van der Waals surface area contributed by atoms with Crippen LogP contribution in [0.3, 0.4) is 0 Å². The maximum Gasteiger partial charge on any atom is 0.131 e. The third kappa shape index (κ3) is 2.90. The minimum absolute atomic E-state index is 0.178. The van der Waals surface area contributed by atoms with Gasteiger partial charge in [-0.3, -0.25) is 0 Å². The van der Waals surface area contributed by atoms with E-state index in [4.69, 9.17) is 4.74 Å². The van der Waals surface area contributed by atoms with Crippen LogP contribution in [0.15, 0.2) is 18.2 Å². The number of methoxy groups -OCH3 is 1. The maximum absolute atomic E-state index is 9.45. The van der Waals surface area contributed by atoms with E-state index < -0.39 is 0 Å². The molecule has 3 heteroatoms. The molecule has 0 bridgehead atoms. The number of hydrogen-bond donors (Lipinski definition) is 2. The van der Waals surface area contributed by atoms with E-state index in [9.17, 15) is 5.11 Å². The molecule has 0 unspecified atom stereocenters. The van der Waals surface area contributed by atoms with Gasteiger partial charge in [0.2, 0.25) is 0 Å². The first kappa shape index (κ1) is 10.8. The Morgan fingerprint density at radius 2 is 2.29 bits per heavy atom. The van der Waals surface area contributed by atoms with Crippen LogP contribution in [-0.4, -0.2) is 18.0 Å². The van der Waals surface area contributed by atoms with Gasteiger partial charge in [-0.1, -0.05) is 11.8 Å². The normalized spacial score (nSPS) is 9.00. The van der Waals surface area contributed by atoms with Crippen molar-refractivity contribution < 1.29 is 9.84 Å². The Morgan fingerprint density at radius 1 is 1.50 bits per heavy atom. The lowest BCUT2D eigenvalue weighted by Crippen LogP contribution is -1.84. The van der Waals surface area contributed by atoms with Crippen molar-refractivity contribution in [1.29, 1.82) is 0 Å². The Labute approximate surface area is 89.3 Å². The summed E-state index contributed by atoms with van der Waals surface area (Å²) in [7, 11) is 1.58. The molecule has 1 aromatic carbocycles. The Hall–Kier alpha value is -1.27. The van der Waals surface area contributed by atoms with Gasteiger partial charge in [0.25, 0.3) is 0 Å². The van der Waals surface area contributed by atoms with Crippen LogP contribution in [0.5, 0.6) is 11.5 Å². The molecule has 2 nitrogen and oxygen atoms in total. The monoisotopic (exact) mass is 208 g/mol. The quantitative estimate of drug-likeness (QED) is 0.575. The van der Waals surface area contributed by atoms with Crippen molar-refractivity contribution in [3.8, 4) is 23.3 Å². The van der Waals surface area contributed by atoms with Gasteiger partial charge in [-0.2, -0.15) is 12.6 Å². The van der Waals surface area contributed by atoms with E-state index in [0.29, 0.717) is 17.7 Å². The number of ether oxygens (including phenoxy) is 1. The fourth-order valence-corrected chi connectivity index (χ4v) is 1.07. The molecule has 0 amide bonds. The minimum atomic E-state index is 0.178. The van der Waals surface area contributed by atoms with E-state index in [-0.39, 0.29) is 5.75 Å². The van der Waals surface area contributed by atoms with Crippen LogP contribution < -0.4 is 4.74 Å². The fraction of sp³-hybridized carbons (Fsp3) is 0.273. The van der Waals surface area contributed by atoms with Gasteiger partial charge < -0.3 is 9.84 Å². The second-order valence-corrected chi connectivity index (χ2v) is 3.11. The first-order valence-electron chi connectivity index (χ1n) is 4.24. The predicted octanol–water partition coefficient (Wildman–Crippen LogP) is 2.07. The fourth-order valence-electron chi connectivity index (χ4n) is 0.956. The molecule has 14 heavy (non-hydrogen) atoms. The van der Waals surface area contributed by atoms with Gasteiger partial charge in [-0.05, 0) is 18.2 Å². The minimum Gasteiger partial charge on any atom is -0.507 e. The summed E-state index contributed by atoms with van der Waals surface area (Å²) in [6, 6.07) is 4.98. The number of phenols is 1. The number of benzene rings is 1. The summed E-state index contributed by atoms with van der Waals surface area (Å²) < 4.78 is 5.02. The van der Waals surface area contributed by atoms with Crippen molar-refractivity contribution in [2.75, 3.05) is 12.9 Å². The van der Waals surface area contributed by atoms with Gasteiger partial charge in [0.15, 0.2) is 0 Å². The third-order valence-corrected chi connectivity index (χ3v) is 1.89. The van der Waals surface area contributed by atoms with Crippen molar-refractivity contribution in [1.82, 2.24) is 0 Å². The molecule has 0 heterocycles. The topological polar surface area (TPSA) is 29.5 Å². The van der Waals surface area contributed by atoms with Crippen LogP contribution in [0.2, 0.25) is 0 Å². The van der Waals surface area contributed by atoms with E-state index in [1.165, 1.54) is 0 Å². The smallest absolute Gasteiger partial charge is 0.131 e. The summed E-state index contributed by atoms with van der Waals surface area (Å²) in [5.41, 5.74) is 0.589. The zero-order chi connectivity index (χ0) is 10.4. The summed E-state index contributed by atoms with van der Waals surface area (Å²) in [4.78, 5) is 0. The second kappa shape index (κ2) is 5.46. The lowest BCUT2D eigenvalue weighted by atomic mass is 10.2. The lowest BCUT2D eigenvalue weighted by molar-refractivity contribution is 0.412. The Morgan fingerprint density at radius 3 is 2.93 bits per heavy atom. The van der Waals surface area contributed by atoms with Crippen LogP contribution in [0.25, 0.3) is 0 Å². The van der Waals surface area contributed by atoms with Gasteiger partial charge in [0, 0.05) is 12.2 Å². The van der Waals surface area contributed by atoms with Crippen LogP contribution >= 0.6 is 12.6 Å². The van der Waals surface area contributed by atoms with E-state index >= 15 is 0 Å². The highest BCUT2D eigenvalue weighted by Crippen LogP contribution is 2.21. The Bertz CT molecular complexity index is 363. The summed E-state index contributed by atoms with van der Waals surface area (Å²) in [6.07, 6.45) is 0.708. The summed E-state index contributed by atoms with van der Waals surface area (Å²) >= 11 is 4.04. The van der Waals surface area contributed by atoms with Crippen LogP contribution in [0.4, 0.5) is 0 Å². The van der Waals surface area contributed by atoms with E-state index in [0.717, 1.165) is 5.75 Å². The van der Waals surface area contributed by atoms with Crippen molar-refractivity contribution in [3.05, 3.63) is 23.8 Å². The standard InChI is InChI=1S/C11H12O2S/c1-13-10-5-6-11(12)9(8-10)4-2-3-7-14/h5-6,8,12,14H,3,7H2,1H3. The van der Waals surface area contributed by atoms with Crippen molar-refractivity contribution >= 4 is 12.6 Å². The largest absolute Gasteiger partial charge is 0.507 e. The predicted molar refractivity (Wildman–Crippen MR) is 60.0 cm³/mol. The van der Waals surface area contributed by atoms with Gasteiger partial charge in [-0.15, -0.1) is 0 Å². The van der Waals surface area contributed by atoms with Gasteiger partial charge in [0.05, 0.1) is 12.7 Å². The summed E-state index contributed by atoms with van der Waals surface area (Å²) in [6.45, 7) is 0. The van der Waals surface area contributed by atoms with Crippen molar-refractivity contribution in [2.45, 2.75) is 6.42 Å². The molecule has 0 saturated carbocycles. The third-order valence-electron chi connectivity index (χ3n) is 1.66. The molecule has 0 saturated heterocycles. The number of thiol groups is 1. The molecule has 0 aliphatic carbocycles. The molecule has 0 fully saturated rings. The zero-order valence-electron chi connectivity index (χ0n) is 7.95. The Balaban J connectivity index is 2.91. The molecule has 0 aliphatic heterocycles. The van der Waals surface area contributed by atoms with Crippen LogP contribution in [0.1, 0.15) is 12.0 Å². The highest BCUT2D eigenvalue weighted by molar-refractivity contribution is 7.80. The van der Waals surface area contributed by atoms with E-state index in [1.807, 2.05) is 0 Å². The highest BCUT2D eigenvalue weighted by Gasteiger charge is 1.99. The summed E-state index contributed by atoms with van der Waals surface area (Å²) in [5.74, 6) is 7.35. The van der Waals surface area contributed by atoms with Gasteiger partial charge in [0.1, 0.15) is 11.5 Å².